The van der Waals surface area contributed by atoms with E-state index in [1.54, 1.807) is 31.2 Å². The number of aromatic nitrogens is 3. The van der Waals surface area contributed by atoms with Crippen LogP contribution in [-0.2, 0) is 20.2 Å². The number of benzene rings is 3. The molecule has 0 atom stereocenters. The second-order valence-corrected chi connectivity index (χ2v) is 11.5. The molecular weight excluding hydrogens is 528 g/mol. The minimum Gasteiger partial charge on any atom is -0.382 e. The lowest BCUT2D eigenvalue weighted by atomic mass is 10.1. The number of thiazole rings is 1. The quantitative estimate of drug-likeness (QED) is 0.212. The van der Waals surface area contributed by atoms with Gasteiger partial charge in [0.25, 0.3) is 20.2 Å². The van der Waals surface area contributed by atoms with E-state index in [0.29, 0.717) is 32.4 Å². The normalized spacial score (nSPS) is 12.8. The van der Waals surface area contributed by atoms with Crippen LogP contribution in [0, 0.1) is 6.92 Å². The summed E-state index contributed by atoms with van der Waals surface area (Å²) in [6, 6.07) is 13.5. The average molecular weight is 545 g/mol. The highest BCUT2D eigenvalue weighted by atomic mass is 32.2. The van der Waals surface area contributed by atoms with Crippen molar-refractivity contribution in [2.45, 2.75) is 16.7 Å². The van der Waals surface area contributed by atoms with E-state index in [9.17, 15) is 25.9 Å². The fraction of sp³-hybridized carbons (Fsp3) is 0.0476. The summed E-state index contributed by atoms with van der Waals surface area (Å²) in [5.74, 6) is 0.134. The molecule has 5 aromatic rings. The van der Waals surface area contributed by atoms with Gasteiger partial charge in [-0.3, -0.25) is 9.11 Å². The molecule has 0 saturated heterocycles. The van der Waals surface area contributed by atoms with Crippen molar-refractivity contribution in [3.63, 3.8) is 0 Å². The molecule has 36 heavy (non-hydrogen) atoms. The molecule has 0 fully saturated rings. The molecule has 15 heteroatoms. The maximum Gasteiger partial charge on any atom is 0.295 e. The monoisotopic (exact) mass is 544 g/mol. The molecular formula is C21H16N6O6S3. The molecule has 0 spiro atoms. The van der Waals surface area contributed by atoms with Crippen LogP contribution in [0.2, 0.25) is 0 Å². The van der Waals surface area contributed by atoms with E-state index in [4.69, 9.17) is 5.73 Å². The minimum atomic E-state index is -4.45. The molecule has 0 saturated carbocycles. The van der Waals surface area contributed by atoms with Gasteiger partial charge in [0.15, 0.2) is 11.5 Å². The number of nitrogens with two attached hydrogens (primary N) is 1. The predicted octanol–water partition coefficient (Wildman–Crippen LogP) is 4.43. The summed E-state index contributed by atoms with van der Waals surface area (Å²) >= 11 is 1.16. The molecule has 2 aromatic heterocycles. The molecule has 3 aromatic carbocycles. The topological polar surface area (TPSA) is 190 Å². The molecule has 0 radical (unpaired) electrons. The zero-order valence-corrected chi connectivity index (χ0v) is 20.7. The summed E-state index contributed by atoms with van der Waals surface area (Å²) in [4.78, 5) is 3.71. The van der Waals surface area contributed by atoms with Crippen LogP contribution < -0.4 is 5.73 Å². The fourth-order valence-corrected chi connectivity index (χ4v) is 5.61. The van der Waals surface area contributed by atoms with E-state index < -0.39 is 20.2 Å². The molecule has 184 valence electrons. The number of aryl methyl sites for hydroxylation is 1. The number of hydrogen-bond donors (Lipinski definition) is 3. The van der Waals surface area contributed by atoms with E-state index >= 15 is 0 Å². The smallest absolute Gasteiger partial charge is 0.295 e. The van der Waals surface area contributed by atoms with E-state index in [-0.39, 0.29) is 26.4 Å². The van der Waals surface area contributed by atoms with E-state index in [1.807, 2.05) is 0 Å². The second-order valence-electron chi connectivity index (χ2n) is 7.67. The van der Waals surface area contributed by atoms with Gasteiger partial charge in [-0.1, -0.05) is 29.5 Å². The molecule has 5 rings (SSSR count). The van der Waals surface area contributed by atoms with Crippen molar-refractivity contribution in [1.82, 2.24) is 14.8 Å². The Kier molecular flexibility index (Phi) is 5.60. The second kappa shape index (κ2) is 8.42. The van der Waals surface area contributed by atoms with Crippen LogP contribution >= 0.6 is 11.3 Å². The number of anilines is 1. The summed E-state index contributed by atoms with van der Waals surface area (Å²) in [6.07, 6.45) is 0. The van der Waals surface area contributed by atoms with Crippen LogP contribution in [-0.4, -0.2) is 40.7 Å². The van der Waals surface area contributed by atoms with Gasteiger partial charge in [0.05, 0.1) is 26.5 Å². The van der Waals surface area contributed by atoms with Crippen molar-refractivity contribution in [2.24, 2.45) is 10.2 Å². The Morgan fingerprint density at radius 2 is 1.75 bits per heavy atom. The standard InChI is InChI=1S/C21H16N6O6S3/c1-11-19(24-25-21-23-16-10-14(35(28,29)30)7-8-17(16)34-21)20(22)27(26-11)13-6-5-12-3-2-4-18(15(12)9-13)36(31,32)33/h2-10H,22H2,1H3,(H,28,29,30)(H,31,32,33)/b25-24+. The van der Waals surface area contributed by atoms with Crippen molar-refractivity contribution < 1.29 is 25.9 Å². The van der Waals surface area contributed by atoms with Crippen LogP contribution in [0.3, 0.4) is 0 Å². The number of rotatable bonds is 5. The Hall–Kier alpha value is -3.76. The van der Waals surface area contributed by atoms with Crippen molar-refractivity contribution >= 4 is 69.2 Å². The first-order chi connectivity index (χ1) is 16.9. The molecule has 0 unspecified atom stereocenters. The highest BCUT2D eigenvalue weighted by Crippen LogP contribution is 2.35. The zero-order valence-electron chi connectivity index (χ0n) is 18.3. The minimum absolute atomic E-state index is 0.134. The largest absolute Gasteiger partial charge is 0.382 e. The van der Waals surface area contributed by atoms with Gasteiger partial charge in [-0.2, -0.15) is 21.9 Å². The third-order valence-electron chi connectivity index (χ3n) is 5.29. The molecule has 12 nitrogen and oxygen atoms in total. The number of nitrogen functional groups attached to an aromatic ring is 1. The van der Waals surface area contributed by atoms with Crippen LogP contribution in [0.4, 0.5) is 16.6 Å². The van der Waals surface area contributed by atoms with Gasteiger partial charge in [0.1, 0.15) is 4.90 Å². The van der Waals surface area contributed by atoms with Gasteiger partial charge < -0.3 is 5.73 Å². The third-order valence-corrected chi connectivity index (χ3v) is 7.97. The Morgan fingerprint density at radius 3 is 2.47 bits per heavy atom. The predicted molar refractivity (Wildman–Crippen MR) is 134 cm³/mol. The van der Waals surface area contributed by atoms with Crippen molar-refractivity contribution in [3.05, 3.63) is 60.3 Å². The number of nitrogens with zero attached hydrogens (tertiary/aromatic N) is 5. The lowest BCUT2D eigenvalue weighted by molar-refractivity contribution is 0.481. The first kappa shape index (κ1) is 24.0. The van der Waals surface area contributed by atoms with Crippen molar-refractivity contribution in [3.8, 4) is 5.69 Å². The lowest BCUT2D eigenvalue weighted by Gasteiger charge is -2.08. The van der Waals surface area contributed by atoms with Gasteiger partial charge in [0, 0.05) is 5.39 Å². The molecule has 0 bridgehead atoms. The van der Waals surface area contributed by atoms with E-state index in [2.05, 4.69) is 20.3 Å². The lowest BCUT2D eigenvalue weighted by Crippen LogP contribution is -2.03. The maximum atomic E-state index is 11.8. The van der Waals surface area contributed by atoms with Crippen LogP contribution in [0.5, 0.6) is 0 Å². The first-order valence-corrected chi connectivity index (χ1v) is 13.8. The Morgan fingerprint density at radius 1 is 0.972 bits per heavy atom. The molecule has 0 aliphatic rings. The van der Waals surface area contributed by atoms with Gasteiger partial charge in [-0.05, 0) is 48.7 Å². The molecule has 4 N–H and O–H groups in total. The SMILES string of the molecule is Cc1nn(-c2ccc3cccc(S(=O)(=O)O)c3c2)c(N)c1/N=N/c1nc2cc(S(=O)(=O)O)ccc2s1. The summed E-state index contributed by atoms with van der Waals surface area (Å²) < 4.78 is 67.1. The van der Waals surface area contributed by atoms with Crippen molar-refractivity contribution in [1.29, 1.82) is 0 Å². The van der Waals surface area contributed by atoms with E-state index in [1.165, 1.54) is 35.0 Å². The van der Waals surface area contributed by atoms with Gasteiger partial charge in [0.2, 0.25) is 5.13 Å². The van der Waals surface area contributed by atoms with Crippen LogP contribution in [0.1, 0.15) is 5.69 Å². The molecule has 2 heterocycles. The van der Waals surface area contributed by atoms with Gasteiger partial charge in [-0.25, -0.2) is 9.67 Å². The van der Waals surface area contributed by atoms with Gasteiger partial charge >= 0.3 is 0 Å². The zero-order chi connectivity index (χ0) is 25.8. The van der Waals surface area contributed by atoms with Gasteiger partial charge in [-0.15, -0.1) is 10.2 Å². The highest BCUT2D eigenvalue weighted by molar-refractivity contribution is 7.86. The summed E-state index contributed by atoms with van der Waals surface area (Å²) in [7, 11) is -8.81. The Balaban J connectivity index is 1.53. The fourth-order valence-electron chi connectivity index (χ4n) is 3.64. The highest BCUT2D eigenvalue weighted by Gasteiger charge is 2.18. The molecule has 0 amide bonds. The summed E-state index contributed by atoms with van der Waals surface area (Å²) in [5.41, 5.74) is 7.75. The number of azo groups is 1. The average Bonchev–Trinajstić information content (AvgIpc) is 3.34. The summed E-state index contributed by atoms with van der Waals surface area (Å²) in [6.45, 7) is 1.67. The molecule has 0 aliphatic carbocycles. The first-order valence-electron chi connectivity index (χ1n) is 10.1. The van der Waals surface area contributed by atoms with Crippen LogP contribution in [0.25, 0.3) is 26.7 Å². The number of fused-ring (bicyclic) bond motifs is 2. The third kappa shape index (κ3) is 4.33. The molecule has 0 aliphatic heterocycles. The van der Waals surface area contributed by atoms with E-state index in [0.717, 1.165) is 11.3 Å². The van der Waals surface area contributed by atoms with Crippen LogP contribution in [0.15, 0.2) is 74.6 Å². The number of hydrogen-bond acceptors (Lipinski definition) is 10. The van der Waals surface area contributed by atoms with Crippen molar-refractivity contribution in [2.75, 3.05) is 5.73 Å². The summed E-state index contributed by atoms with van der Waals surface area (Å²) in [5, 5.41) is 13.8. The Bertz CT molecular complexity index is 1930. The Labute approximate surface area is 208 Å². The maximum absolute atomic E-state index is 11.8.